The third kappa shape index (κ3) is 2.05. The topological polar surface area (TPSA) is 40.5 Å². The van der Waals surface area contributed by atoms with E-state index in [4.69, 9.17) is 0 Å². The predicted octanol–water partition coefficient (Wildman–Crippen LogP) is 1.79. The molecule has 1 aromatic rings. The molecule has 0 atom stereocenters. The molecular formula is C11H15NO2. The lowest BCUT2D eigenvalue weighted by Gasteiger charge is -2.15. The van der Waals surface area contributed by atoms with Crippen LogP contribution in [0.1, 0.15) is 22.8 Å². The normalized spacial score (nSPS) is 9.93. The third-order valence-electron chi connectivity index (χ3n) is 2.20. The van der Waals surface area contributed by atoms with Gasteiger partial charge in [-0.25, -0.2) is 0 Å². The van der Waals surface area contributed by atoms with E-state index in [1.165, 1.54) is 0 Å². The molecule has 1 aromatic carbocycles. The van der Waals surface area contributed by atoms with Crippen LogP contribution in [0.3, 0.4) is 0 Å². The van der Waals surface area contributed by atoms with Gasteiger partial charge in [0.15, 0.2) is 0 Å². The first-order valence-electron chi connectivity index (χ1n) is 4.61. The van der Waals surface area contributed by atoms with Crippen LogP contribution in [0.4, 0.5) is 0 Å². The summed E-state index contributed by atoms with van der Waals surface area (Å²) in [6.07, 6.45) is 0. The SMILES string of the molecule is CCN(C)C(=O)c1ccc(C)cc1O. The van der Waals surface area contributed by atoms with Crippen molar-refractivity contribution in [3.8, 4) is 5.75 Å². The molecule has 1 N–H and O–H groups in total. The van der Waals surface area contributed by atoms with Crippen molar-refractivity contribution in [3.63, 3.8) is 0 Å². The van der Waals surface area contributed by atoms with Gasteiger partial charge in [0.05, 0.1) is 5.56 Å². The van der Waals surface area contributed by atoms with Crippen LogP contribution in [0.2, 0.25) is 0 Å². The molecule has 0 heterocycles. The van der Waals surface area contributed by atoms with Crippen LogP contribution in [0.15, 0.2) is 18.2 Å². The number of carbonyl (C=O) groups is 1. The first-order chi connectivity index (χ1) is 6.56. The minimum atomic E-state index is -0.148. The second kappa shape index (κ2) is 4.13. The molecule has 0 aliphatic heterocycles. The molecule has 0 aromatic heterocycles. The summed E-state index contributed by atoms with van der Waals surface area (Å²) in [5.41, 5.74) is 1.30. The molecule has 0 aliphatic carbocycles. The number of hydrogen-bond donors (Lipinski definition) is 1. The number of amides is 1. The molecular weight excluding hydrogens is 178 g/mol. The van der Waals surface area contributed by atoms with E-state index < -0.39 is 0 Å². The fraction of sp³-hybridized carbons (Fsp3) is 0.364. The van der Waals surface area contributed by atoms with Gasteiger partial charge in [0.1, 0.15) is 5.75 Å². The van der Waals surface area contributed by atoms with Gasteiger partial charge in [-0.05, 0) is 31.5 Å². The largest absolute Gasteiger partial charge is 0.507 e. The smallest absolute Gasteiger partial charge is 0.257 e. The number of phenolic OH excluding ortho intramolecular Hbond substituents is 1. The Morgan fingerprint density at radius 3 is 2.64 bits per heavy atom. The van der Waals surface area contributed by atoms with E-state index >= 15 is 0 Å². The average Bonchev–Trinajstić information content (AvgIpc) is 2.15. The Balaban J connectivity index is 3.02. The Morgan fingerprint density at radius 2 is 2.14 bits per heavy atom. The van der Waals surface area contributed by atoms with Crippen molar-refractivity contribution in [2.24, 2.45) is 0 Å². The highest BCUT2D eigenvalue weighted by molar-refractivity contribution is 5.96. The number of aryl methyl sites for hydroxylation is 1. The lowest BCUT2D eigenvalue weighted by molar-refractivity contribution is 0.0799. The van der Waals surface area contributed by atoms with Gasteiger partial charge in [-0.2, -0.15) is 0 Å². The Bertz CT molecular complexity index is 347. The predicted molar refractivity (Wildman–Crippen MR) is 55.5 cm³/mol. The van der Waals surface area contributed by atoms with Crippen molar-refractivity contribution in [2.75, 3.05) is 13.6 Å². The van der Waals surface area contributed by atoms with Gasteiger partial charge in [0.25, 0.3) is 5.91 Å². The lowest BCUT2D eigenvalue weighted by atomic mass is 10.1. The third-order valence-corrected chi connectivity index (χ3v) is 2.20. The number of carbonyl (C=O) groups excluding carboxylic acids is 1. The number of benzene rings is 1. The summed E-state index contributed by atoms with van der Waals surface area (Å²) in [6, 6.07) is 5.06. The fourth-order valence-electron chi connectivity index (χ4n) is 1.17. The summed E-state index contributed by atoms with van der Waals surface area (Å²) in [6.45, 7) is 4.40. The van der Waals surface area contributed by atoms with Gasteiger partial charge < -0.3 is 10.0 Å². The highest BCUT2D eigenvalue weighted by atomic mass is 16.3. The number of aromatic hydroxyl groups is 1. The molecule has 0 spiro atoms. The minimum Gasteiger partial charge on any atom is -0.507 e. The molecule has 14 heavy (non-hydrogen) atoms. The molecule has 76 valence electrons. The van der Waals surface area contributed by atoms with Gasteiger partial charge in [-0.3, -0.25) is 4.79 Å². The van der Waals surface area contributed by atoms with Crippen molar-refractivity contribution >= 4 is 5.91 Å². The van der Waals surface area contributed by atoms with Gasteiger partial charge in [-0.15, -0.1) is 0 Å². The van der Waals surface area contributed by atoms with Crippen molar-refractivity contribution in [3.05, 3.63) is 29.3 Å². The summed E-state index contributed by atoms with van der Waals surface area (Å²) in [7, 11) is 1.71. The first kappa shape index (κ1) is 10.6. The van der Waals surface area contributed by atoms with Crippen molar-refractivity contribution < 1.29 is 9.90 Å². The molecule has 1 amide bonds. The van der Waals surface area contributed by atoms with E-state index in [1.807, 2.05) is 19.9 Å². The van der Waals surface area contributed by atoms with Crippen LogP contribution < -0.4 is 0 Å². The molecule has 0 saturated carbocycles. The van der Waals surface area contributed by atoms with Crippen LogP contribution in [0, 0.1) is 6.92 Å². The summed E-state index contributed by atoms with van der Waals surface area (Å²) < 4.78 is 0. The Hall–Kier alpha value is -1.51. The van der Waals surface area contributed by atoms with E-state index in [1.54, 1.807) is 24.1 Å². The zero-order valence-corrected chi connectivity index (χ0v) is 8.74. The number of hydrogen-bond acceptors (Lipinski definition) is 2. The molecule has 3 nitrogen and oxygen atoms in total. The van der Waals surface area contributed by atoms with E-state index in [9.17, 15) is 9.90 Å². The Kier molecular flexibility index (Phi) is 3.12. The standard InChI is InChI=1S/C11H15NO2/c1-4-12(3)11(14)9-6-5-8(2)7-10(9)13/h5-7,13H,4H2,1-3H3. The van der Waals surface area contributed by atoms with Gasteiger partial charge in [-0.1, -0.05) is 6.07 Å². The molecule has 0 fully saturated rings. The molecule has 0 saturated heterocycles. The average molecular weight is 193 g/mol. The fourth-order valence-corrected chi connectivity index (χ4v) is 1.17. The van der Waals surface area contributed by atoms with Crippen LogP contribution in [0.5, 0.6) is 5.75 Å². The van der Waals surface area contributed by atoms with E-state index in [0.717, 1.165) is 5.56 Å². The number of nitrogens with zero attached hydrogens (tertiary/aromatic N) is 1. The molecule has 0 aliphatic rings. The van der Waals surface area contributed by atoms with Crippen molar-refractivity contribution in [1.29, 1.82) is 0 Å². The maximum Gasteiger partial charge on any atom is 0.257 e. The Labute approximate surface area is 84.0 Å². The zero-order chi connectivity index (χ0) is 10.7. The van der Waals surface area contributed by atoms with Gasteiger partial charge >= 0.3 is 0 Å². The summed E-state index contributed by atoms with van der Waals surface area (Å²) in [4.78, 5) is 13.2. The summed E-state index contributed by atoms with van der Waals surface area (Å²) in [5, 5.41) is 9.56. The Morgan fingerprint density at radius 1 is 1.50 bits per heavy atom. The number of rotatable bonds is 2. The monoisotopic (exact) mass is 193 g/mol. The number of phenols is 1. The molecule has 0 radical (unpaired) electrons. The lowest BCUT2D eigenvalue weighted by Crippen LogP contribution is -2.26. The van der Waals surface area contributed by atoms with Crippen LogP contribution >= 0.6 is 0 Å². The maximum absolute atomic E-state index is 11.7. The highest BCUT2D eigenvalue weighted by Gasteiger charge is 2.13. The van der Waals surface area contributed by atoms with E-state index in [0.29, 0.717) is 12.1 Å². The van der Waals surface area contributed by atoms with Gasteiger partial charge in [0, 0.05) is 13.6 Å². The second-order valence-electron chi connectivity index (χ2n) is 3.34. The van der Waals surface area contributed by atoms with Crippen LogP contribution in [0.25, 0.3) is 0 Å². The van der Waals surface area contributed by atoms with Crippen molar-refractivity contribution in [1.82, 2.24) is 4.90 Å². The van der Waals surface area contributed by atoms with Crippen molar-refractivity contribution in [2.45, 2.75) is 13.8 Å². The quantitative estimate of drug-likeness (QED) is 0.778. The molecule has 3 heteroatoms. The molecule has 0 unspecified atom stereocenters. The molecule has 1 rings (SSSR count). The highest BCUT2D eigenvalue weighted by Crippen LogP contribution is 2.19. The van der Waals surface area contributed by atoms with E-state index in [-0.39, 0.29) is 11.7 Å². The van der Waals surface area contributed by atoms with Gasteiger partial charge in [0.2, 0.25) is 0 Å². The second-order valence-corrected chi connectivity index (χ2v) is 3.34. The summed E-state index contributed by atoms with van der Waals surface area (Å²) in [5.74, 6) is -0.0969. The zero-order valence-electron chi connectivity index (χ0n) is 8.74. The van der Waals surface area contributed by atoms with Crippen LogP contribution in [-0.2, 0) is 0 Å². The summed E-state index contributed by atoms with van der Waals surface area (Å²) >= 11 is 0. The van der Waals surface area contributed by atoms with E-state index in [2.05, 4.69) is 0 Å². The maximum atomic E-state index is 11.7. The minimum absolute atomic E-state index is 0.0512. The van der Waals surface area contributed by atoms with Crippen LogP contribution in [-0.4, -0.2) is 29.5 Å². The molecule has 0 bridgehead atoms. The first-order valence-corrected chi connectivity index (χ1v) is 4.61.